The van der Waals surface area contributed by atoms with Gasteiger partial charge in [0.05, 0.1) is 7.11 Å². The molecule has 2 aromatic rings. The molecule has 0 aliphatic carbocycles. The first kappa shape index (κ1) is 10.3. The van der Waals surface area contributed by atoms with Gasteiger partial charge in [0.25, 0.3) is 0 Å². The standard InChI is InChI=1S/C8H7ClN4OS/c1-14-5-6(9)12-4-13-7(5)15-8-10-2-3-11-8/h2-4H,1H3,(H,10,11). The summed E-state index contributed by atoms with van der Waals surface area (Å²) in [6, 6.07) is 0. The summed E-state index contributed by atoms with van der Waals surface area (Å²) in [4.78, 5) is 14.9. The average molecular weight is 243 g/mol. The second-order valence-electron chi connectivity index (χ2n) is 2.50. The van der Waals surface area contributed by atoms with Gasteiger partial charge in [-0.05, 0) is 11.8 Å². The molecule has 2 aromatic heterocycles. The zero-order valence-corrected chi connectivity index (χ0v) is 9.34. The van der Waals surface area contributed by atoms with Gasteiger partial charge in [0, 0.05) is 12.4 Å². The lowest BCUT2D eigenvalue weighted by Gasteiger charge is -2.05. The SMILES string of the molecule is COc1c(Cl)ncnc1Sc1ncc[nH]1. The number of hydrogen-bond acceptors (Lipinski definition) is 5. The highest BCUT2D eigenvalue weighted by Gasteiger charge is 2.12. The van der Waals surface area contributed by atoms with Crippen molar-refractivity contribution < 1.29 is 4.74 Å². The largest absolute Gasteiger partial charge is 0.491 e. The van der Waals surface area contributed by atoms with Crippen LogP contribution in [-0.2, 0) is 0 Å². The van der Waals surface area contributed by atoms with Crippen molar-refractivity contribution in [3.63, 3.8) is 0 Å². The number of ether oxygens (including phenoxy) is 1. The van der Waals surface area contributed by atoms with Crippen molar-refractivity contribution in [2.45, 2.75) is 10.2 Å². The van der Waals surface area contributed by atoms with Gasteiger partial charge in [-0.2, -0.15) is 0 Å². The normalized spacial score (nSPS) is 10.3. The maximum absolute atomic E-state index is 5.85. The number of aromatic amines is 1. The Labute approximate surface area is 95.3 Å². The Kier molecular flexibility index (Phi) is 3.08. The second-order valence-corrected chi connectivity index (χ2v) is 3.83. The summed E-state index contributed by atoms with van der Waals surface area (Å²) in [7, 11) is 1.52. The van der Waals surface area contributed by atoms with E-state index in [9.17, 15) is 0 Å². The van der Waals surface area contributed by atoms with Crippen molar-refractivity contribution in [2.24, 2.45) is 0 Å². The van der Waals surface area contributed by atoms with Gasteiger partial charge < -0.3 is 9.72 Å². The van der Waals surface area contributed by atoms with Crippen LogP contribution in [0.4, 0.5) is 0 Å². The number of nitrogens with zero attached hydrogens (tertiary/aromatic N) is 3. The number of H-pyrrole nitrogens is 1. The molecule has 1 N–H and O–H groups in total. The first-order valence-corrected chi connectivity index (χ1v) is 5.22. The first-order valence-electron chi connectivity index (χ1n) is 4.03. The molecule has 78 valence electrons. The van der Waals surface area contributed by atoms with Crippen molar-refractivity contribution in [1.29, 1.82) is 0 Å². The fraction of sp³-hybridized carbons (Fsp3) is 0.125. The summed E-state index contributed by atoms with van der Waals surface area (Å²) in [6.07, 6.45) is 4.78. The summed E-state index contributed by atoms with van der Waals surface area (Å²) in [5.41, 5.74) is 0. The molecule has 2 heterocycles. The Morgan fingerprint density at radius 3 is 2.93 bits per heavy atom. The molecule has 0 bridgehead atoms. The topological polar surface area (TPSA) is 63.7 Å². The molecule has 5 nitrogen and oxygen atoms in total. The third kappa shape index (κ3) is 2.21. The lowest BCUT2D eigenvalue weighted by atomic mass is 10.6. The molecule has 0 saturated carbocycles. The van der Waals surface area contributed by atoms with E-state index in [4.69, 9.17) is 16.3 Å². The van der Waals surface area contributed by atoms with Gasteiger partial charge in [-0.3, -0.25) is 0 Å². The third-order valence-electron chi connectivity index (χ3n) is 1.60. The van der Waals surface area contributed by atoms with Crippen LogP contribution in [0.15, 0.2) is 28.9 Å². The molecule has 15 heavy (non-hydrogen) atoms. The molecule has 0 amide bonds. The predicted molar refractivity (Wildman–Crippen MR) is 56.3 cm³/mol. The van der Waals surface area contributed by atoms with Gasteiger partial charge in [0.2, 0.25) is 0 Å². The van der Waals surface area contributed by atoms with Crippen LogP contribution in [0.2, 0.25) is 5.15 Å². The first-order chi connectivity index (χ1) is 7.31. The van der Waals surface area contributed by atoms with Crippen LogP contribution in [0.5, 0.6) is 5.75 Å². The molecule has 0 saturated heterocycles. The molecule has 0 aliphatic heterocycles. The van der Waals surface area contributed by atoms with E-state index in [1.165, 1.54) is 25.2 Å². The van der Waals surface area contributed by atoms with Crippen molar-refractivity contribution in [3.8, 4) is 5.75 Å². The molecular weight excluding hydrogens is 236 g/mol. The van der Waals surface area contributed by atoms with Gasteiger partial charge >= 0.3 is 0 Å². The lowest BCUT2D eigenvalue weighted by molar-refractivity contribution is 0.398. The molecule has 0 aromatic carbocycles. The van der Waals surface area contributed by atoms with Crippen molar-refractivity contribution >= 4 is 23.4 Å². The highest BCUT2D eigenvalue weighted by molar-refractivity contribution is 7.99. The van der Waals surface area contributed by atoms with Crippen LogP contribution < -0.4 is 4.74 Å². The number of nitrogens with one attached hydrogen (secondary N) is 1. The van der Waals surface area contributed by atoms with Crippen LogP contribution >= 0.6 is 23.4 Å². The van der Waals surface area contributed by atoms with E-state index >= 15 is 0 Å². The van der Waals surface area contributed by atoms with Gasteiger partial charge in [-0.15, -0.1) is 0 Å². The van der Waals surface area contributed by atoms with Gasteiger partial charge in [0.1, 0.15) is 6.33 Å². The van der Waals surface area contributed by atoms with Crippen LogP contribution in [0.1, 0.15) is 0 Å². The third-order valence-corrected chi connectivity index (χ3v) is 2.77. The molecule has 0 atom stereocenters. The minimum absolute atomic E-state index is 0.293. The van der Waals surface area contributed by atoms with E-state index in [1.54, 1.807) is 12.4 Å². The molecule has 2 rings (SSSR count). The Morgan fingerprint density at radius 2 is 2.27 bits per heavy atom. The number of aromatic nitrogens is 4. The number of methoxy groups -OCH3 is 1. The van der Waals surface area contributed by atoms with E-state index in [-0.39, 0.29) is 0 Å². The monoisotopic (exact) mass is 242 g/mol. The number of rotatable bonds is 3. The van der Waals surface area contributed by atoms with Crippen LogP contribution in [0.25, 0.3) is 0 Å². The summed E-state index contributed by atoms with van der Waals surface area (Å²) in [6.45, 7) is 0. The minimum atomic E-state index is 0.293. The Balaban J connectivity index is 2.32. The van der Waals surface area contributed by atoms with Gasteiger partial charge in [0.15, 0.2) is 21.1 Å². The zero-order valence-electron chi connectivity index (χ0n) is 7.77. The van der Waals surface area contributed by atoms with E-state index in [0.717, 1.165) is 5.16 Å². The molecule has 0 fully saturated rings. The molecule has 0 aliphatic rings. The smallest absolute Gasteiger partial charge is 0.189 e. The van der Waals surface area contributed by atoms with E-state index in [2.05, 4.69) is 19.9 Å². The molecular formula is C8H7ClN4OS. The molecule has 7 heteroatoms. The summed E-state index contributed by atoms with van der Waals surface area (Å²) in [5, 5.41) is 1.65. The van der Waals surface area contributed by atoms with Gasteiger partial charge in [-0.25, -0.2) is 15.0 Å². The average Bonchev–Trinajstić information content (AvgIpc) is 2.71. The van der Waals surface area contributed by atoms with E-state index in [0.29, 0.717) is 15.9 Å². The Hall–Kier alpha value is -1.27. The second kappa shape index (κ2) is 4.50. The predicted octanol–water partition coefficient (Wildman–Crippen LogP) is 2.01. The summed E-state index contributed by atoms with van der Waals surface area (Å²) >= 11 is 7.18. The zero-order chi connectivity index (χ0) is 10.7. The minimum Gasteiger partial charge on any atom is -0.491 e. The summed E-state index contributed by atoms with van der Waals surface area (Å²) < 4.78 is 5.11. The maximum atomic E-state index is 5.85. The Morgan fingerprint density at radius 1 is 1.40 bits per heavy atom. The number of halogens is 1. The number of hydrogen-bond donors (Lipinski definition) is 1. The van der Waals surface area contributed by atoms with E-state index in [1.807, 2.05) is 0 Å². The maximum Gasteiger partial charge on any atom is 0.189 e. The van der Waals surface area contributed by atoms with Crippen molar-refractivity contribution in [3.05, 3.63) is 23.9 Å². The Bertz CT molecular complexity index is 448. The molecule has 0 radical (unpaired) electrons. The molecule has 0 unspecified atom stereocenters. The number of imidazole rings is 1. The van der Waals surface area contributed by atoms with Crippen LogP contribution in [0.3, 0.4) is 0 Å². The van der Waals surface area contributed by atoms with Crippen LogP contribution in [-0.4, -0.2) is 27.0 Å². The van der Waals surface area contributed by atoms with E-state index < -0.39 is 0 Å². The fourth-order valence-corrected chi connectivity index (χ4v) is 2.04. The quantitative estimate of drug-likeness (QED) is 0.835. The van der Waals surface area contributed by atoms with Crippen LogP contribution in [0, 0.1) is 0 Å². The highest BCUT2D eigenvalue weighted by atomic mass is 35.5. The highest BCUT2D eigenvalue weighted by Crippen LogP contribution is 2.34. The summed E-state index contributed by atoms with van der Waals surface area (Å²) in [5.74, 6) is 0.459. The van der Waals surface area contributed by atoms with Gasteiger partial charge in [-0.1, -0.05) is 11.6 Å². The van der Waals surface area contributed by atoms with Crippen molar-refractivity contribution in [2.75, 3.05) is 7.11 Å². The molecule has 0 spiro atoms. The fourth-order valence-electron chi connectivity index (χ4n) is 0.980. The van der Waals surface area contributed by atoms with Crippen molar-refractivity contribution in [1.82, 2.24) is 19.9 Å². The lowest BCUT2D eigenvalue weighted by Crippen LogP contribution is -1.93.